The quantitative estimate of drug-likeness (QED) is 0.776. The van der Waals surface area contributed by atoms with E-state index in [4.69, 9.17) is 0 Å². The summed E-state index contributed by atoms with van der Waals surface area (Å²) in [6.45, 7) is 5.28. The van der Waals surface area contributed by atoms with Gasteiger partial charge in [0.1, 0.15) is 0 Å². The summed E-state index contributed by atoms with van der Waals surface area (Å²) in [6.07, 6.45) is -2.15. The zero-order valence-electron chi connectivity index (χ0n) is 10.5. The Bertz CT molecular complexity index is 375. The first-order chi connectivity index (χ1) is 8.50. The maximum atomic E-state index is 12.5. The average molecular weight is 257 g/mol. The Morgan fingerprint density at radius 2 is 1.67 bits per heavy atom. The van der Waals surface area contributed by atoms with Gasteiger partial charge in [-0.25, -0.2) is 0 Å². The molecule has 0 spiro atoms. The van der Waals surface area contributed by atoms with Crippen LogP contribution in [0.5, 0.6) is 0 Å². The SMILES string of the molecule is CCN1CCC(c2ccc(C(F)(F)F)cc2)CC1. The van der Waals surface area contributed by atoms with E-state index in [1.165, 1.54) is 12.1 Å². The normalized spacial score (nSPS) is 19.1. The van der Waals surface area contributed by atoms with Crippen molar-refractivity contribution in [1.29, 1.82) is 0 Å². The van der Waals surface area contributed by atoms with Gasteiger partial charge in [-0.3, -0.25) is 0 Å². The van der Waals surface area contributed by atoms with Crippen LogP contribution in [0.3, 0.4) is 0 Å². The second-order valence-corrected chi connectivity index (χ2v) is 4.83. The third-order valence-corrected chi connectivity index (χ3v) is 3.74. The fourth-order valence-corrected chi connectivity index (χ4v) is 2.53. The van der Waals surface area contributed by atoms with Crippen LogP contribution < -0.4 is 0 Å². The van der Waals surface area contributed by atoms with Gasteiger partial charge in [0, 0.05) is 0 Å². The molecular formula is C14H18F3N. The molecule has 1 heterocycles. The van der Waals surface area contributed by atoms with E-state index in [9.17, 15) is 13.2 Å². The first kappa shape index (κ1) is 13.4. The van der Waals surface area contributed by atoms with Crippen molar-refractivity contribution in [3.8, 4) is 0 Å². The fourth-order valence-electron chi connectivity index (χ4n) is 2.53. The maximum Gasteiger partial charge on any atom is 0.416 e. The molecule has 1 aromatic rings. The predicted octanol–water partition coefficient (Wildman–Crippen LogP) is 3.90. The van der Waals surface area contributed by atoms with E-state index in [1.54, 1.807) is 12.1 Å². The molecule has 0 saturated carbocycles. The van der Waals surface area contributed by atoms with E-state index in [0.717, 1.165) is 38.0 Å². The lowest BCUT2D eigenvalue weighted by Crippen LogP contribution is -2.32. The third-order valence-electron chi connectivity index (χ3n) is 3.74. The lowest BCUT2D eigenvalue weighted by atomic mass is 9.89. The van der Waals surface area contributed by atoms with Crippen LogP contribution >= 0.6 is 0 Å². The molecule has 0 radical (unpaired) electrons. The molecule has 4 heteroatoms. The Balaban J connectivity index is 2.02. The zero-order chi connectivity index (χ0) is 13.2. The third kappa shape index (κ3) is 3.05. The van der Waals surface area contributed by atoms with Gasteiger partial charge in [0.25, 0.3) is 0 Å². The molecule has 1 aliphatic rings. The van der Waals surface area contributed by atoms with Crippen LogP contribution in [0.2, 0.25) is 0 Å². The molecule has 0 unspecified atom stereocenters. The van der Waals surface area contributed by atoms with Crippen molar-refractivity contribution in [2.75, 3.05) is 19.6 Å². The van der Waals surface area contributed by atoms with E-state index in [-0.39, 0.29) is 0 Å². The molecular weight excluding hydrogens is 239 g/mol. The van der Waals surface area contributed by atoms with Crippen molar-refractivity contribution < 1.29 is 13.2 Å². The summed E-state index contributed by atoms with van der Waals surface area (Å²) in [6, 6.07) is 5.66. The first-order valence-electron chi connectivity index (χ1n) is 6.40. The molecule has 0 amide bonds. The summed E-state index contributed by atoms with van der Waals surface area (Å²) in [5, 5.41) is 0. The Hall–Kier alpha value is -1.03. The minimum absolute atomic E-state index is 0.412. The van der Waals surface area contributed by atoms with Crippen molar-refractivity contribution >= 4 is 0 Å². The van der Waals surface area contributed by atoms with Crippen molar-refractivity contribution in [2.24, 2.45) is 0 Å². The lowest BCUT2D eigenvalue weighted by molar-refractivity contribution is -0.137. The molecule has 100 valence electrons. The van der Waals surface area contributed by atoms with Crippen LogP contribution in [-0.2, 0) is 6.18 Å². The van der Waals surface area contributed by atoms with E-state index in [2.05, 4.69) is 11.8 Å². The summed E-state index contributed by atoms with van der Waals surface area (Å²) < 4.78 is 37.4. The van der Waals surface area contributed by atoms with E-state index < -0.39 is 11.7 Å². The summed E-state index contributed by atoms with van der Waals surface area (Å²) >= 11 is 0. The van der Waals surface area contributed by atoms with Crippen LogP contribution in [-0.4, -0.2) is 24.5 Å². The standard InChI is InChI=1S/C14H18F3N/c1-2-18-9-7-12(8-10-18)11-3-5-13(6-4-11)14(15,16)17/h3-6,12H,2,7-10H2,1H3. The number of benzene rings is 1. The van der Waals surface area contributed by atoms with E-state index in [0.29, 0.717) is 5.92 Å². The molecule has 1 fully saturated rings. The molecule has 0 atom stereocenters. The number of nitrogens with zero attached hydrogens (tertiary/aromatic N) is 1. The lowest BCUT2D eigenvalue weighted by Gasteiger charge is -2.31. The first-order valence-corrected chi connectivity index (χ1v) is 6.40. The van der Waals surface area contributed by atoms with Crippen molar-refractivity contribution in [1.82, 2.24) is 4.90 Å². The molecule has 0 N–H and O–H groups in total. The maximum absolute atomic E-state index is 12.5. The van der Waals surface area contributed by atoms with Crippen LogP contribution in [0.15, 0.2) is 24.3 Å². The molecule has 0 aromatic heterocycles. The molecule has 1 nitrogen and oxygen atoms in total. The number of hydrogen-bond acceptors (Lipinski definition) is 1. The van der Waals surface area contributed by atoms with Gasteiger partial charge in [0.05, 0.1) is 5.56 Å². The van der Waals surface area contributed by atoms with Crippen LogP contribution in [0.25, 0.3) is 0 Å². The van der Waals surface area contributed by atoms with E-state index in [1.807, 2.05) is 0 Å². The van der Waals surface area contributed by atoms with Gasteiger partial charge >= 0.3 is 6.18 Å². The van der Waals surface area contributed by atoms with E-state index >= 15 is 0 Å². The van der Waals surface area contributed by atoms with Gasteiger partial charge in [-0.1, -0.05) is 19.1 Å². The van der Waals surface area contributed by atoms with Gasteiger partial charge in [0.2, 0.25) is 0 Å². The molecule has 0 aliphatic carbocycles. The fraction of sp³-hybridized carbons (Fsp3) is 0.571. The monoisotopic (exact) mass is 257 g/mol. The van der Waals surface area contributed by atoms with Crippen molar-refractivity contribution in [3.63, 3.8) is 0 Å². The smallest absolute Gasteiger partial charge is 0.304 e. The number of hydrogen-bond donors (Lipinski definition) is 0. The Kier molecular flexibility index (Phi) is 3.95. The summed E-state index contributed by atoms with van der Waals surface area (Å²) in [4.78, 5) is 2.38. The average Bonchev–Trinajstić information content (AvgIpc) is 2.38. The molecule has 1 aliphatic heterocycles. The van der Waals surface area contributed by atoms with Crippen LogP contribution in [0.4, 0.5) is 13.2 Å². The highest BCUT2D eigenvalue weighted by Crippen LogP contribution is 2.32. The summed E-state index contributed by atoms with van der Waals surface area (Å²) in [5.74, 6) is 0.412. The van der Waals surface area contributed by atoms with Gasteiger partial charge in [-0.05, 0) is 56.1 Å². The van der Waals surface area contributed by atoms with Gasteiger partial charge in [-0.2, -0.15) is 13.2 Å². The molecule has 18 heavy (non-hydrogen) atoms. The van der Waals surface area contributed by atoms with Gasteiger partial charge in [0.15, 0.2) is 0 Å². The van der Waals surface area contributed by atoms with Crippen LogP contribution in [0, 0.1) is 0 Å². The number of likely N-dealkylation sites (tertiary alicyclic amines) is 1. The Morgan fingerprint density at radius 1 is 1.11 bits per heavy atom. The number of piperidine rings is 1. The summed E-state index contributed by atoms with van der Waals surface area (Å²) in [5.41, 5.74) is 0.482. The van der Waals surface area contributed by atoms with Gasteiger partial charge in [-0.15, -0.1) is 0 Å². The second kappa shape index (κ2) is 5.31. The van der Waals surface area contributed by atoms with Gasteiger partial charge < -0.3 is 4.90 Å². The Labute approximate surface area is 106 Å². The number of alkyl halides is 3. The molecule has 1 aromatic carbocycles. The summed E-state index contributed by atoms with van der Waals surface area (Å²) in [7, 11) is 0. The molecule has 1 saturated heterocycles. The number of rotatable bonds is 2. The highest BCUT2D eigenvalue weighted by molar-refractivity contribution is 5.27. The molecule has 0 bridgehead atoms. The largest absolute Gasteiger partial charge is 0.416 e. The molecule has 2 rings (SSSR count). The predicted molar refractivity (Wildman–Crippen MR) is 65.5 cm³/mol. The van der Waals surface area contributed by atoms with Crippen molar-refractivity contribution in [3.05, 3.63) is 35.4 Å². The minimum atomic E-state index is -4.23. The topological polar surface area (TPSA) is 3.24 Å². The highest BCUT2D eigenvalue weighted by atomic mass is 19.4. The van der Waals surface area contributed by atoms with Crippen molar-refractivity contribution in [2.45, 2.75) is 31.9 Å². The minimum Gasteiger partial charge on any atom is -0.304 e. The van der Waals surface area contributed by atoms with Crippen LogP contribution in [0.1, 0.15) is 36.8 Å². The number of halogens is 3. The highest BCUT2D eigenvalue weighted by Gasteiger charge is 2.30. The Morgan fingerprint density at radius 3 is 2.11 bits per heavy atom. The zero-order valence-corrected chi connectivity index (χ0v) is 10.5. The second-order valence-electron chi connectivity index (χ2n) is 4.83.